The van der Waals surface area contributed by atoms with E-state index in [0.717, 1.165) is 39.2 Å². The smallest absolute Gasteiger partial charge is 0.248 e. The number of likely N-dealkylation sites (N-methyl/N-ethyl adjacent to an activating group) is 2. The van der Waals surface area contributed by atoms with Crippen molar-refractivity contribution in [3.63, 3.8) is 0 Å². The van der Waals surface area contributed by atoms with Gasteiger partial charge < -0.3 is 29.8 Å². The molecule has 0 radical (unpaired) electrons. The van der Waals surface area contributed by atoms with E-state index >= 15 is 14.4 Å². The molecule has 10 nitrogen and oxygen atoms in total. The minimum atomic E-state index is -0.960. The molecule has 6 heterocycles. The minimum absolute atomic E-state index is 0.103. The number of hydrogen-bond acceptors (Lipinski definition) is 6. The molecule has 6 aliphatic heterocycles. The highest BCUT2D eigenvalue weighted by molar-refractivity contribution is 6.01. The summed E-state index contributed by atoms with van der Waals surface area (Å²) in [7, 11) is 3.52. The number of carbonyl (C=O) groups excluding carboxylic acids is 4. The van der Waals surface area contributed by atoms with Crippen molar-refractivity contribution in [2.75, 3.05) is 24.3 Å². The summed E-state index contributed by atoms with van der Waals surface area (Å²) in [6, 6.07) is 43.4. The monoisotopic (exact) mass is 794 g/mol. The highest BCUT2D eigenvalue weighted by Gasteiger charge is 2.79. The summed E-state index contributed by atoms with van der Waals surface area (Å²) in [6.45, 7) is 0. The lowest BCUT2D eigenvalue weighted by molar-refractivity contribution is -0.159. The second-order valence-electron chi connectivity index (χ2n) is 17.3. The van der Waals surface area contributed by atoms with Crippen LogP contribution in [0.3, 0.4) is 0 Å². The van der Waals surface area contributed by atoms with Crippen molar-refractivity contribution in [3.8, 4) is 0 Å². The lowest BCUT2D eigenvalue weighted by atomic mass is 9.54. The van der Waals surface area contributed by atoms with Gasteiger partial charge in [0.15, 0.2) is 0 Å². The molecule has 1 unspecified atom stereocenters. The molecule has 300 valence electrons. The van der Waals surface area contributed by atoms with Crippen LogP contribution in [0.4, 0.5) is 11.4 Å². The molecule has 4 fully saturated rings. The lowest BCUT2D eigenvalue weighted by Crippen LogP contribution is -2.68. The van der Waals surface area contributed by atoms with Crippen LogP contribution in [0.2, 0.25) is 0 Å². The van der Waals surface area contributed by atoms with Crippen molar-refractivity contribution in [1.82, 2.24) is 19.6 Å². The predicted octanol–water partition coefficient (Wildman–Crippen LogP) is 5.80. The minimum Gasteiger partial charge on any atom is -0.364 e. The molecular weight excluding hydrogens is 749 g/mol. The van der Waals surface area contributed by atoms with Gasteiger partial charge in [0.2, 0.25) is 23.6 Å². The third kappa shape index (κ3) is 4.87. The fourth-order valence-electron chi connectivity index (χ4n) is 12.0. The highest BCUT2D eigenvalue weighted by Crippen LogP contribution is 2.70. The number of fused-ring (bicyclic) bond motifs is 11. The largest absolute Gasteiger partial charge is 0.364 e. The topological polar surface area (TPSA) is 96.5 Å². The Morgan fingerprint density at radius 3 is 1.70 bits per heavy atom. The molecule has 0 spiro atoms. The number of benzene rings is 5. The molecule has 4 amide bonds. The fourth-order valence-corrected chi connectivity index (χ4v) is 12.0. The average Bonchev–Trinajstić information content (AvgIpc) is 4.00. The van der Waals surface area contributed by atoms with E-state index in [9.17, 15) is 4.79 Å². The SMILES string of the molecule is CN1C(=O)[C@@H]2CC3([C@@]45C[C@H]6C(=O)N(C)[C@@H](Cc7ccccc7)C(=O)N6[C@@H]4N(/C=C/c4ccccc4)c4ccccc45)c4ccccc4N[C@H]3N2C(=O)[C@@H]1Cc1ccccc1. The standard InChI is InChI=1S/C50H46N6O4/c1-52-39(28-33-18-8-4-9-19-33)45(59)55-41(43(52)57)30-49(35-22-12-14-24-37(35)51-47(49)55)50-31-42-44(58)53(2)40(29-34-20-10-5-11-21-34)46(60)56(42)48(50)54(38-25-15-13-23-36(38)50)27-26-32-16-6-3-7-17-32/h3-27,39-42,47-48,51H,28-31H2,1-2H3/b27-26+/t39-,40-,41-,42-,47-,48-,49?,50+/m0/s1. The zero-order valence-electron chi connectivity index (χ0n) is 33.6. The van der Waals surface area contributed by atoms with Gasteiger partial charge in [-0.1, -0.05) is 127 Å². The molecule has 0 saturated carbocycles. The molecule has 60 heavy (non-hydrogen) atoms. The maximum atomic E-state index is 15.5. The average molecular weight is 795 g/mol. The number of nitrogens with zero attached hydrogens (tertiary/aromatic N) is 5. The number of nitrogens with one attached hydrogen (secondary N) is 1. The second-order valence-corrected chi connectivity index (χ2v) is 17.3. The first kappa shape index (κ1) is 36.4. The third-order valence-electron chi connectivity index (χ3n) is 14.6. The lowest BCUT2D eigenvalue weighted by Gasteiger charge is -2.50. The zero-order chi connectivity index (χ0) is 40.9. The van der Waals surface area contributed by atoms with Crippen molar-refractivity contribution < 1.29 is 19.2 Å². The predicted molar refractivity (Wildman–Crippen MR) is 229 cm³/mol. The van der Waals surface area contributed by atoms with Crippen molar-refractivity contribution in [2.45, 2.75) is 73.0 Å². The number of carbonyl (C=O) groups is 4. The van der Waals surface area contributed by atoms with Crippen molar-refractivity contribution in [3.05, 3.63) is 174 Å². The van der Waals surface area contributed by atoms with Crippen LogP contribution in [-0.2, 0) is 42.8 Å². The van der Waals surface area contributed by atoms with Gasteiger partial charge >= 0.3 is 0 Å². The van der Waals surface area contributed by atoms with Gasteiger partial charge in [0.1, 0.15) is 36.5 Å². The molecule has 5 aromatic rings. The maximum absolute atomic E-state index is 15.5. The van der Waals surface area contributed by atoms with Gasteiger partial charge in [-0.3, -0.25) is 19.2 Å². The van der Waals surface area contributed by atoms with Crippen LogP contribution in [-0.4, -0.2) is 93.8 Å². The summed E-state index contributed by atoms with van der Waals surface area (Å²) in [6.07, 6.45) is 4.23. The van der Waals surface area contributed by atoms with E-state index < -0.39 is 47.3 Å². The summed E-state index contributed by atoms with van der Waals surface area (Å²) >= 11 is 0. The molecule has 0 aromatic heterocycles. The normalized spacial score (nSPS) is 30.0. The van der Waals surface area contributed by atoms with Gasteiger partial charge in [-0.2, -0.15) is 0 Å². The number of amides is 4. The Hall–Kier alpha value is -6.68. The maximum Gasteiger partial charge on any atom is 0.248 e. The Labute approximate surface area is 349 Å². The number of para-hydroxylation sites is 2. The highest BCUT2D eigenvalue weighted by atomic mass is 16.2. The van der Waals surface area contributed by atoms with E-state index in [4.69, 9.17) is 0 Å². The summed E-state index contributed by atoms with van der Waals surface area (Å²) < 4.78 is 0. The Kier molecular flexibility index (Phi) is 8.14. The summed E-state index contributed by atoms with van der Waals surface area (Å²) in [5.74, 6) is -0.425. The van der Waals surface area contributed by atoms with Crippen LogP contribution in [0.25, 0.3) is 6.08 Å². The van der Waals surface area contributed by atoms with E-state index in [1.54, 1.807) is 23.9 Å². The van der Waals surface area contributed by atoms with E-state index in [2.05, 4.69) is 46.8 Å². The first-order chi connectivity index (χ1) is 29.2. The van der Waals surface area contributed by atoms with Crippen LogP contribution in [0.5, 0.6) is 0 Å². The van der Waals surface area contributed by atoms with Crippen LogP contribution < -0.4 is 10.2 Å². The van der Waals surface area contributed by atoms with Crippen LogP contribution in [0.15, 0.2) is 146 Å². The molecule has 10 heteroatoms. The summed E-state index contributed by atoms with van der Waals surface area (Å²) in [5.41, 5.74) is 4.87. The van der Waals surface area contributed by atoms with Gasteiger partial charge in [0.25, 0.3) is 0 Å². The molecule has 4 saturated heterocycles. The van der Waals surface area contributed by atoms with Gasteiger partial charge in [-0.25, -0.2) is 0 Å². The molecule has 11 rings (SSSR count). The van der Waals surface area contributed by atoms with Gasteiger partial charge in [0.05, 0.1) is 10.8 Å². The van der Waals surface area contributed by atoms with Crippen molar-refractivity contribution >= 4 is 41.1 Å². The number of anilines is 2. The molecular formula is C50H46N6O4. The van der Waals surface area contributed by atoms with Crippen LogP contribution >= 0.6 is 0 Å². The van der Waals surface area contributed by atoms with Gasteiger partial charge in [-0.05, 0) is 58.9 Å². The third-order valence-corrected chi connectivity index (χ3v) is 14.6. The quantitative estimate of drug-likeness (QED) is 0.224. The molecule has 5 aromatic carbocycles. The van der Waals surface area contributed by atoms with Crippen LogP contribution in [0.1, 0.15) is 40.7 Å². The molecule has 0 aliphatic carbocycles. The summed E-state index contributed by atoms with van der Waals surface area (Å²) in [4.78, 5) is 69.9. The number of rotatable bonds is 7. The fraction of sp³-hybridized carbons (Fsp3) is 0.280. The van der Waals surface area contributed by atoms with Gasteiger partial charge in [0, 0.05) is 44.5 Å². The molecule has 0 bridgehead atoms. The molecule has 8 atom stereocenters. The van der Waals surface area contributed by atoms with E-state index in [-0.39, 0.29) is 23.6 Å². The first-order valence-electron chi connectivity index (χ1n) is 21.0. The Morgan fingerprint density at radius 2 is 1.07 bits per heavy atom. The van der Waals surface area contributed by atoms with Gasteiger partial charge in [-0.15, -0.1) is 0 Å². The number of piperazine rings is 2. The van der Waals surface area contributed by atoms with Crippen molar-refractivity contribution in [1.29, 1.82) is 0 Å². The summed E-state index contributed by atoms with van der Waals surface area (Å²) in [5, 5.41) is 3.83. The molecule has 6 aliphatic rings. The second kappa shape index (κ2) is 13.4. The van der Waals surface area contributed by atoms with E-state index in [0.29, 0.717) is 25.7 Å². The van der Waals surface area contributed by atoms with Crippen molar-refractivity contribution in [2.24, 2.45) is 0 Å². The Balaban J connectivity index is 1.13. The molecule has 1 N–H and O–H groups in total. The van der Waals surface area contributed by atoms with E-state index in [1.165, 1.54) is 0 Å². The van der Waals surface area contributed by atoms with Crippen LogP contribution in [0, 0.1) is 0 Å². The Morgan fingerprint density at radius 1 is 0.567 bits per heavy atom. The Bertz CT molecular complexity index is 2590. The van der Waals surface area contributed by atoms with E-state index in [1.807, 2.05) is 125 Å². The first-order valence-corrected chi connectivity index (χ1v) is 21.0. The zero-order valence-corrected chi connectivity index (χ0v) is 33.6. The number of hydrogen-bond donors (Lipinski definition) is 1.